The molecule has 2 atom stereocenters. The molecule has 114 valence electrons. The highest BCUT2D eigenvalue weighted by Gasteiger charge is 2.34. The fourth-order valence-electron chi connectivity index (χ4n) is 4.13. The van der Waals surface area contributed by atoms with Crippen molar-refractivity contribution >= 4 is 5.91 Å². The minimum atomic E-state index is 0.0760. The van der Waals surface area contributed by atoms with Gasteiger partial charge in [0.15, 0.2) is 0 Å². The van der Waals surface area contributed by atoms with Crippen molar-refractivity contribution in [1.29, 1.82) is 0 Å². The van der Waals surface area contributed by atoms with Crippen LogP contribution in [0.1, 0.15) is 45.4 Å². The van der Waals surface area contributed by atoms with Gasteiger partial charge in [0.05, 0.1) is 6.04 Å². The first kappa shape index (κ1) is 14.3. The lowest BCUT2D eigenvalue weighted by Crippen LogP contribution is -2.55. The number of carbonyl (C=O) groups excluding carboxylic acids is 1. The standard InChI is InChI=1S/C16H29N3O/c1-13-5-4-8-17-15(13)16(20)19-11-6-14(7-12-19)18-9-2-3-10-18/h13-15,17H,2-12H2,1H3. The van der Waals surface area contributed by atoms with Crippen LogP contribution in [0.4, 0.5) is 0 Å². The summed E-state index contributed by atoms with van der Waals surface area (Å²) in [5.41, 5.74) is 0. The Bertz CT molecular complexity index is 333. The maximum Gasteiger partial charge on any atom is 0.239 e. The smallest absolute Gasteiger partial charge is 0.239 e. The summed E-state index contributed by atoms with van der Waals surface area (Å²) in [6.45, 7) is 7.70. The topological polar surface area (TPSA) is 35.6 Å². The number of rotatable bonds is 2. The second-order valence-corrected chi connectivity index (χ2v) is 6.85. The van der Waals surface area contributed by atoms with Gasteiger partial charge in [0.25, 0.3) is 0 Å². The maximum absolute atomic E-state index is 12.6. The Hall–Kier alpha value is -0.610. The number of hydrogen-bond acceptors (Lipinski definition) is 3. The summed E-state index contributed by atoms with van der Waals surface area (Å²) in [6.07, 6.45) is 7.47. The van der Waals surface area contributed by atoms with E-state index in [9.17, 15) is 4.79 Å². The molecule has 3 saturated heterocycles. The molecule has 0 aromatic rings. The number of nitrogens with one attached hydrogen (secondary N) is 1. The monoisotopic (exact) mass is 279 g/mol. The molecule has 20 heavy (non-hydrogen) atoms. The van der Waals surface area contributed by atoms with Crippen molar-refractivity contribution in [3.05, 3.63) is 0 Å². The van der Waals surface area contributed by atoms with Gasteiger partial charge in [0, 0.05) is 19.1 Å². The van der Waals surface area contributed by atoms with Gasteiger partial charge < -0.3 is 15.1 Å². The Morgan fingerprint density at radius 2 is 1.70 bits per heavy atom. The fourth-order valence-corrected chi connectivity index (χ4v) is 4.13. The van der Waals surface area contributed by atoms with Crippen LogP contribution in [0.2, 0.25) is 0 Å². The summed E-state index contributed by atoms with van der Waals surface area (Å²) < 4.78 is 0. The van der Waals surface area contributed by atoms with Crippen LogP contribution in [-0.4, -0.2) is 60.5 Å². The quantitative estimate of drug-likeness (QED) is 0.831. The molecular formula is C16H29N3O. The number of carbonyl (C=O) groups is 1. The van der Waals surface area contributed by atoms with Gasteiger partial charge in [-0.2, -0.15) is 0 Å². The van der Waals surface area contributed by atoms with Crippen LogP contribution < -0.4 is 5.32 Å². The number of piperidine rings is 2. The maximum atomic E-state index is 12.6. The Morgan fingerprint density at radius 1 is 1.00 bits per heavy atom. The summed E-state index contributed by atoms with van der Waals surface area (Å²) in [5, 5.41) is 3.43. The van der Waals surface area contributed by atoms with Gasteiger partial charge in [0.1, 0.15) is 0 Å². The molecule has 3 fully saturated rings. The lowest BCUT2D eigenvalue weighted by molar-refractivity contribution is -0.136. The largest absolute Gasteiger partial charge is 0.341 e. The molecule has 3 aliphatic heterocycles. The number of hydrogen-bond donors (Lipinski definition) is 1. The molecule has 0 aromatic heterocycles. The Balaban J connectivity index is 1.50. The summed E-state index contributed by atoms with van der Waals surface area (Å²) in [7, 11) is 0. The molecule has 0 saturated carbocycles. The van der Waals surface area contributed by atoms with E-state index in [0.717, 1.165) is 25.7 Å². The second kappa shape index (κ2) is 6.44. The first-order valence-electron chi connectivity index (χ1n) is 8.52. The Morgan fingerprint density at radius 3 is 2.35 bits per heavy atom. The van der Waals surface area contributed by atoms with Gasteiger partial charge in [-0.15, -0.1) is 0 Å². The molecule has 0 aromatic carbocycles. The molecule has 3 aliphatic rings. The number of nitrogens with zero attached hydrogens (tertiary/aromatic N) is 2. The van der Waals surface area contributed by atoms with Crippen LogP contribution in [0.25, 0.3) is 0 Å². The van der Waals surface area contributed by atoms with E-state index in [4.69, 9.17) is 0 Å². The molecule has 0 aliphatic carbocycles. The molecule has 3 rings (SSSR count). The van der Waals surface area contributed by atoms with Crippen LogP contribution in [0.15, 0.2) is 0 Å². The van der Waals surface area contributed by atoms with Gasteiger partial charge in [-0.25, -0.2) is 0 Å². The van der Waals surface area contributed by atoms with Crippen LogP contribution >= 0.6 is 0 Å². The molecule has 1 amide bonds. The molecule has 0 bridgehead atoms. The highest BCUT2D eigenvalue weighted by atomic mass is 16.2. The molecule has 3 heterocycles. The molecule has 4 heteroatoms. The minimum Gasteiger partial charge on any atom is -0.341 e. The van der Waals surface area contributed by atoms with Crippen LogP contribution in [0, 0.1) is 5.92 Å². The molecular weight excluding hydrogens is 250 g/mol. The van der Waals surface area contributed by atoms with E-state index in [1.807, 2.05) is 0 Å². The van der Waals surface area contributed by atoms with Crippen LogP contribution in [0.3, 0.4) is 0 Å². The molecule has 0 radical (unpaired) electrons. The van der Waals surface area contributed by atoms with Gasteiger partial charge in [-0.3, -0.25) is 4.79 Å². The first-order chi connectivity index (χ1) is 9.75. The predicted octanol–water partition coefficient (Wildman–Crippen LogP) is 1.46. The SMILES string of the molecule is CC1CCCNC1C(=O)N1CCC(N2CCCC2)CC1. The van der Waals surface area contributed by atoms with Crippen LogP contribution in [0.5, 0.6) is 0 Å². The highest BCUT2D eigenvalue weighted by Crippen LogP contribution is 2.23. The normalized spacial score (nSPS) is 33.5. The van der Waals surface area contributed by atoms with E-state index >= 15 is 0 Å². The van der Waals surface area contributed by atoms with Crippen molar-refractivity contribution in [3.63, 3.8) is 0 Å². The third kappa shape index (κ3) is 3.01. The zero-order valence-electron chi connectivity index (χ0n) is 12.8. The first-order valence-corrected chi connectivity index (χ1v) is 8.52. The lowest BCUT2D eigenvalue weighted by Gasteiger charge is -2.39. The number of amides is 1. The van der Waals surface area contributed by atoms with E-state index in [-0.39, 0.29) is 6.04 Å². The highest BCUT2D eigenvalue weighted by molar-refractivity contribution is 5.82. The second-order valence-electron chi connectivity index (χ2n) is 6.85. The van der Waals surface area contributed by atoms with Gasteiger partial charge in [-0.05, 0) is 64.1 Å². The molecule has 0 spiro atoms. The summed E-state index contributed by atoms with van der Waals surface area (Å²) >= 11 is 0. The predicted molar refractivity (Wildman–Crippen MR) is 80.6 cm³/mol. The molecule has 2 unspecified atom stereocenters. The summed E-state index contributed by atoms with van der Waals surface area (Å²) in [4.78, 5) is 17.4. The van der Waals surface area contributed by atoms with Crippen molar-refractivity contribution in [2.24, 2.45) is 5.92 Å². The van der Waals surface area contributed by atoms with Crippen molar-refractivity contribution in [2.45, 2.75) is 57.5 Å². The fraction of sp³-hybridized carbons (Fsp3) is 0.938. The molecule has 1 N–H and O–H groups in total. The van der Waals surface area contributed by atoms with E-state index in [2.05, 4.69) is 22.0 Å². The van der Waals surface area contributed by atoms with Crippen molar-refractivity contribution in [1.82, 2.24) is 15.1 Å². The zero-order valence-corrected chi connectivity index (χ0v) is 12.8. The van der Waals surface area contributed by atoms with E-state index in [1.165, 1.54) is 51.6 Å². The third-order valence-corrected chi connectivity index (χ3v) is 5.47. The lowest BCUT2D eigenvalue weighted by atomic mass is 9.91. The zero-order chi connectivity index (χ0) is 13.9. The van der Waals surface area contributed by atoms with Crippen LogP contribution in [-0.2, 0) is 4.79 Å². The van der Waals surface area contributed by atoms with Crippen molar-refractivity contribution in [3.8, 4) is 0 Å². The third-order valence-electron chi connectivity index (χ3n) is 5.47. The summed E-state index contributed by atoms with van der Waals surface area (Å²) in [6, 6.07) is 0.811. The van der Waals surface area contributed by atoms with Gasteiger partial charge >= 0.3 is 0 Å². The number of likely N-dealkylation sites (tertiary alicyclic amines) is 2. The van der Waals surface area contributed by atoms with Gasteiger partial charge in [0.2, 0.25) is 5.91 Å². The molecule has 4 nitrogen and oxygen atoms in total. The average molecular weight is 279 g/mol. The Labute approximate surface area is 122 Å². The van der Waals surface area contributed by atoms with E-state index < -0.39 is 0 Å². The van der Waals surface area contributed by atoms with E-state index in [1.54, 1.807) is 0 Å². The Kier molecular flexibility index (Phi) is 4.61. The average Bonchev–Trinajstić information content (AvgIpc) is 3.01. The summed E-state index contributed by atoms with van der Waals surface area (Å²) in [5.74, 6) is 0.852. The van der Waals surface area contributed by atoms with Crippen molar-refractivity contribution < 1.29 is 4.79 Å². The van der Waals surface area contributed by atoms with E-state index in [0.29, 0.717) is 11.8 Å². The van der Waals surface area contributed by atoms with Gasteiger partial charge in [-0.1, -0.05) is 6.92 Å². The minimum absolute atomic E-state index is 0.0760. The van der Waals surface area contributed by atoms with Crippen molar-refractivity contribution in [2.75, 3.05) is 32.7 Å².